The Morgan fingerprint density at radius 1 is 1.19 bits per heavy atom. The lowest BCUT2D eigenvalue weighted by Gasteiger charge is -2.27. The lowest BCUT2D eigenvalue weighted by atomic mass is 9.96. The van der Waals surface area contributed by atoms with E-state index in [-0.39, 0.29) is 0 Å². The second-order valence-corrected chi connectivity index (χ2v) is 5.86. The van der Waals surface area contributed by atoms with Gasteiger partial charge in [0.1, 0.15) is 0 Å². The standard InChI is InChI=1S/C13H20N2S/c1-2-4-13-12(3-1)11(10-16-13)9-15-7-5-14-6-8-15/h10,14H,1-9H2. The van der Waals surface area contributed by atoms with Crippen LogP contribution in [0.4, 0.5) is 0 Å². The molecule has 0 saturated carbocycles. The van der Waals surface area contributed by atoms with E-state index in [4.69, 9.17) is 0 Å². The van der Waals surface area contributed by atoms with Crippen LogP contribution in [0.5, 0.6) is 0 Å². The third kappa shape index (κ3) is 2.17. The summed E-state index contributed by atoms with van der Waals surface area (Å²) in [5.41, 5.74) is 3.33. The lowest BCUT2D eigenvalue weighted by molar-refractivity contribution is 0.233. The van der Waals surface area contributed by atoms with Crippen LogP contribution in [0.25, 0.3) is 0 Å². The Balaban J connectivity index is 1.71. The van der Waals surface area contributed by atoms with Gasteiger partial charge < -0.3 is 5.32 Å². The molecule has 0 bridgehead atoms. The molecule has 0 radical (unpaired) electrons. The van der Waals surface area contributed by atoms with Crippen LogP contribution in [0.2, 0.25) is 0 Å². The van der Waals surface area contributed by atoms with Crippen molar-refractivity contribution in [3.05, 3.63) is 21.4 Å². The predicted octanol–water partition coefficient (Wildman–Crippen LogP) is 2.03. The first-order chi connectivity index (χ1) is 7.93. The molecule has 2 nitrogen and oxygen atoms in total. The highest BCUT2D eigenvalue weighted by Gasteiger charge is 2.18. The quantitative estimate of drug-likeness (QED) is 0.845. The highest BCUT2D eigenvalue weighted by atomic mass is 32.1. The number of rotatable bonds is 2. The van der Waals surface area contributed by atoms with E-state index >= 15 is 0 Å². The van der Waals surface area contributed by atoms with Crippen LogP contribution in [-0.4, -0.2) is 31.1 Å². The number of nitrogens with zero attached hydrogens (tertiary/aromatic N) is 1. The van der Waals surface area contributed by atoms with Crippen molar-refractivity contribution in [3.8, 4) is 0 Å². The largest absolute Gasteiger partial charge is 0.314 e. The van der Waals surface area contributed by atoms with Gasteiger partial charge in [0.05, 0.1) is 0 Å². The molecule has 88 valence electrons. The average molecular weight is 236 g/mol. The molecule has 0 atom stereocenters. The lowest BCUT2D eigenvalue weighted by Crippen LogP contribution is -2.42. The summed E-state index contributed by atoms with van der Waals surface area (Å²) in [5, 5.41) is 5.83. The van der Waals surface area contributed by atoms with Crippen LogP contribution in [-0.2, 0) is 19.4 Å². The van der Waals surface area contributed by atoms with Gasteiger partial charge in [-0.15, -0.1) is 11.3 Å². The van der Waals surface area contributed by atoms with Crippen molar-refractivity contribution in [3.63, 3.8) is 0 Å². The summed E-state index contributed by atoms with van der Waals surface area (Å²) in [6.07, 6.45) is 5.47. The summed E-state index contributed by atoms with van der Waals surface area (Å²) in [7, 11) is 0. The Morgan fingerprint density at radius 3 is 2.88 bits per heavy atom. The number of aryl methyl sites for hydroxylation is 1. The first-order valence-electron chi connectivity index (χ1n) is 6.44. The van der Waals surface area contributed by atoms with E-state index in [0.29, 0.717) is 0 Å². The SMILES string of the molecule is c1sc2c(c1CN1CCNCC1)CCCC2. The van der Waals surface area contributed by atoms with E-state index in [9.17, 15) is 0 Å². The zero-order chi connectivity index (χ0) is 10.8. The van der Waals surface area contributed by atoms with Gasteiger partial charge in [-0.05, 0) is 42.2 Å². The van der Waals surface area contributed by atoms with Gasteiger partial charge in [0, 0.05) is 37.6 Å². The molecule has 1 saturated heterocycles. The second kappa shape index (κ2) is 4.86. The zero-order valence-electron chi connectivity index (χ0n) is 9.80. The minimum Gasteiger partial charge on any atom is -0.314 e. The van der Waals surface area contributed by atoms with Crippen molar-refractivity contribution in [2.75, 3.05) is 26.2 Å². The Hall–Kier alpha value is -0.380. The number of piperazine rings is 1. The number of thiophene rings is 1. The highest BCUT2D eigenvalue weighted by Crippen LogP contribution is 2.30. The molecule has 3 heteroatoms. The van der Waals surface area contributed by atoms with Gasteiger partial charge in [-0.3, -0.25) is 4.90 Å². The fraction of sp³-hybridized carbons (Fsp3) is 0.692. The van der Waals surface area contributed by atoms with Crippen molar-refractivity contribution in [2.45, 2.75) is 32.2 Å². The third-order valence-electron chi connectivity index (χ3n) is 3.75. The maximum absolute atomic E-state index is 3.42. The fourth-order valence-corrected chi connectivity index (χ4v) is 3.94. The van der Waals surface area contributed by atoms with E-state index < -0.39 is 0 Å². The zero-order valence-corrected chi connectivity index (χ0v) is 10.6. The number of nitrogens with one attached hydrogen (secondary N) is 1. The molecule has 3 rings (SSSR count). The van der Waals surface area contributed by atoms with Crippen molar-refractivity contribution < 1.29 is 0 Å². The van der Waals surface area contributed by atoms with Crippen molar-refractivity contribution in [1.82, 2.24) is 10.2 Å². The van der Waals surface area contributed by atoms with Crippen LogP contribution in [0.1, 0.15) is 28.8 Å². The van der Waals surface area contributed by atoms with E-state index in [1.165, 1.54) is 45.3 Å². The first kappa shape index (κ1) is 10.8. The molecule has 1 fully saturated rings. The van der Waals surface area contributed by atoms with Crippen LogP contribution in [0.15, 0.2) is 5.38 Å². The monoisotopic (exact) mass is 236 g/mol. The maximum atomic E-state index is 3.42. The molecule has 0 spiro atoms. The first-order valence-corrected chi connectivity index (χ1v) is 7.32. The van der Waals surface area contributed by atoms with Gasteiger partial charge in [0.15, 0.2) is 0 Å². The van der Waals surface area contributed by atoms with Gasteiger partial charge in [0.25, 0.3) is 0 Å². The molecular weight excluding hydrogens is 216 g/mol. The van der Waals surface area contributed by atoms with Crippen LogP contribution in [0, 0.1) is 0 Å². The van der Waals surface area contributed by atoms with Crippen molar-refractivity contribution in [2.24, 2.45) is 0 Å². The highest BCUT2D eigenvalue weighted by molar-refractivity contribution is 7.10. The molecule has 0 amide bonds. The average Bonchev–Trinajstić information content (AvgIpc) is 2.74. The van der Waals surface area contributed by atoms with Gasteiger partial charge in [-0.2, -0.15) is 0 Å². The molecule has 1 aliphatic heterocycles. The maximum Gasteiger partial charge on any atom is 0.0245 e. The molecular formula is C13H20N2S. The molecule has 1 aliphatic carbocycles. The minimum atomic E-state index is 1.16. The second-order valence-electron chi connectivity index (χ2n) is 4.90. The van der Waals surface area contributed by atoms with Crippen LogP contribution < -0.4 is 5.32 Å². The Labute approximate surface area is 102 Å². The van der Waals surface area contributed by atoms with Crippen LogP contribution in [0.3, 0.4) is 0 Å². The summed E-state index contributed by atoms with van der Waals surface area (Å²) in [4.78, 5) is 4.27. The number of hydrogen-bond acceptors (Lipinski definition) is 3. The predicted molar refractivity (Wildman–Crippen MR) is 69.1 cm³/mol. The van der Waals surface area contributed by atoms with E-state index in [2.05, 4.69) is 15.6 Å². The molecule has 16 heavy (non-hydrogen) atoms. The Kier molecular flexibility index (Phi) is 3.27. The summed E-state index contributed by atoms with van der Waals surface area (Å²) in [6.45, 7) is 5.93. The summed E-state index contributed by atoms with van der Waals surface area (Å²) < 4.78 is 0. The van der Waals surface area contributed by atoms with Crippen LogP contribution >= 0.6 is 11.3 Å². The third-order valence-corrected chi connectivity index (χ3v) is 4.89. The summed E-state index contributed by atoms with van der Waals surface area (Å²) >= 11 is 2.00. The molecule has 1 N–H and O–H groups in total. The van der Waals surface area contributed by atoms with Gasteiger partial charge in [-0.25, -0.2) is 0 Å². The Morgan fingerprint density at radius 2 is 2.00 bits per heavy atom. The molecule has 1 aromatic heterocycles. The number of fused-ring (bicyclic) bond motifs is 1. The van der Waals surface area contributed by atoms with Crippen molar-refractivity contribution >= 4 is 11.3 Å². The minimum absolute atomic E-state index is 1.16. The Bertz CT molecular complexity index is 353. The molecule has 2 heterocycles. The number of hydrogen-bond donors (Lipinski definition) is 1. The normalized spacial score (nSPS) is 22.0. The smallest absolute Gasteiger partial charge is 0.0245 e. The molecule has 1 aromatic rings. The summed E-state index contributed by atoms with van der Waals surface area (Å²) in [5.74, 6) is 0. The van der Waals surface area contributed by atoms with E-state index in [1.54, 1.807) is 16.0 Å². The molecule has 0 unspecified atom stereocenters. The van der Waals surface area contributed by atoms with Gasteiger partial charge >= 0.3 is 0 Å². The van der Waals surface area contributed by atoms with E-state index in [0.717, 1.165) is 13.1 Å². The topological polar surface area (TPSA) is 15.3 Å². The fourth-order valence-electron chi connectivity index (χ4n) is 2.80. The van der Waals surface area contributed by atoms with Crippen molar-refractivity contribution in [1.29, 1.82) is 0 Å². The molecule has 0 aromatic carbocycles. The van der Waals surface area contributed by atoms with E-state index in [1.807, 2.05) is 11.3 Å². The van der Waals surface area contributed by atoms with Gasteiger partial charge in [-0.1, -0.05) is 0 Å². The molecule has 2 aliphatic rings. The van der Waals surface area contributed by atoms with Gasteiger partial charge in [0.2, 0.25) is 0 Å². The summed E-state index contributed by atoms with van der Waals surface area (Å²) in [6, 6.07) is 0.